The van der Waals surface area contributed by atoms with E-state index in [1.54, 1.807) is 7.11 Å². The van der Waals surface area contributed by atoms with Gasteiger partial charge in [0.15, 0.2) is 0 Å². The zero-order chi connectivity index (χ0) is 17.2. The van der Waals surface area contributed by atoms with Crippen molar-refractivity contribution in [2.75, 3.05) is 39.9 Å². The fraction of sp³-hybridized carbons (Fsp3) is 0.611. The molecule has 4 nitrogen and oxygen atoms in total. The summed E-state index contributed by atoms with van der Waals surface area (Å²) in [5, 5.41) is 0. The first-order valence-corrected chi connectivity index (χ1v) is 8.49. The largest absolute Gasteiger partial charge is 0.383 e. The second-order valence-corrected chi connectivity index (χ2v) is 6.87. The molecule has 1 aromatic carbocycles. The van der Waals surface area contributed by atoms with Gasteiger partial charge in [0.1, 0.15) is 11.6 Å². The number of nitrogens with zero attached hydrogens (tertiary/aromatic N) is 2. The normalized spacial score (nSPS) is 25.0. The van der Waals surface area contributed by atoms with Gasteiger partial charge in [0.05, 0.1) is 12.0 Å². The number of methoxy groups -OCH3 is 1. The lowest BCUT2D eigenvalue weighted by Gasteiger charge is -2.39. The van der Waals surface area contributed by atoms with Crippen LogP contribution in [-0.4, -0.2) is 55.6 Å². The average molecular weight is 338 g/mol. The Bertz CT molecular complexity index is 611. The highest BCUT2D eigenvalue weighted by molar-refractivity contribution is 5.84. The lowest BCUT2D eigenvalue weighted by atomic mass is 9.78. The summed E-state index contributed by atoms with van der Waals surface area (Å²) in [6, 6.07) is 3.53. The van der Waals surface area contributed by atoms with Gasteiger partial charge in [-0.15, -0.1) is 0 Å². The van der Waals surface area contributed by atoms with Gasteiger partial charge < -0.3 is 9.64 Å². The van der Waals surface area contributed by atoms with E-state index in [1.165, 1.54) is 6.07 Å². The van der Waals surface area contributed by atoms with Crippen LogP contribution in [0.15, 0.2) is 18.2 Å². The summed E-state index contributed by atoms with van der Waals surface area (Å²) in [4.78, 5) is 16.8. The van der Waals surface area contributed by atoms with E-state index in [4.69, 9.17) is 4.74 Å². The summed E-state index contributed by atoms with van der Waals surface area (Å²) in [6.45, 7) is 3.64. The van der Waals surface area contributed by atoms with Gasteiger partial charge in [0, 0.05) is 38.9 Å². The first kappa shape index (κ1) is 17.3. The Balaban J connectivity index is 1.67. The molecule has 1 amide bonds. The molecule has 2 aliphatic heterocycles. The smallest absolute Gasteiger partial charge is 0.230 e. The van der Waals surface area contributed by atoms with Gasteiger partial charge in [0.25, 0.3) is 0 Å². The standard InChI is InChI=1S/C18H24F2N2O2/c1-24-10-9-22-7-2-5-18(17(22)23)6-8-21(13-18)12-14-11-15(19)3-4-16(14)20/h3-4,11H,2,5-10,12-13H2,1H3/t18-/m0/s1. The highest BCUT2D eigenvalue weighted by Gasteiger charge is 2.48. The van der Waals surface area contributed by atoms with Crippen LogP contribution >= 0.6 is 0 Å². The molecule has 0 aliphatic carbocycles. The molecule has 1 aromatic rings. The van der Waals surface area contributed by atoms with Crippen LogP contribution in [-0.2, 0) is 16.1 Å². The molecule has 3 rings (SSSR count). The lowest BCUT2D eigenvalue weighted by Crippen LogP contribution is -2.50. The molecule has 0 bridgehead atoms. The van der Waals surface area contributed by atoms with Crippen LogP contribution in [0.25, 0.3) is 0 Å². The van der Waals surface area contributed by atoms with Crippen molar-refractivity contribution in [3.05, 3.63) is 35.4 Å². The monoisotopic (exact) mass is 338 g/mol. The van der Waals surface area contributed by atoms with Crippen LogP contribution in [0, 0.1) is 17.0 Å². The summed E-state index contributed by atoms with van der Waals surface area (Å²) in [5.74, 6) is -0.637. The Labute approximate surface area is 141 Å². The maximum Gasteiger partial charge on any atom is 0.230 e. The second-order valence-electron chi connectivity index (χ2n) is 6.87. The summed E-state index contributed by atoms with van der Waals surface area (Å²) < 4.78 is 32.3. The Morgan fingerprint density at radius 3 is 2.88 bits per heavy atom. The Kier molecular flexibility index (Phi) is 5.15. The molecule has 2 fully saturated rings. The molecule has 2 aliphatic rings. The number of carbonyl (C=O) groups is 1. The van der Waals surface area contributed by atoms with Crippen molar-refractivity contribution in [2.24, 2.45) is 5.41 Å². The minimum Gasteiger partial charge on any atom is -0.383 e. The number of rotatable bonds is 5. The minimum atomic E-state index is -0.431. The molecule has 0 radical (unpaired) electrons. The minimum absolute atomic E-state index is 0.188. The third-order valence-electron chi connectivity index (χ3n) is 5.22. The van der Waals surface area contributed by atoms with E-state index in [-0.39, 0.29) is 11.3 Å². The molecule has 24 heavy (non-hydrogen) atoms. The van der Waals surface area contributed by atoms with Crippen LogP contribution in [0.1, 0.15) is 24.8 Å². The van der Waals surface area contributed by atoms with Gasteiger partial charge in [-0.1, -0.05) is 0 Å². The first-order chi connectivity index (χ1) is 11.5. The van der Waals surface area contributed by atoms with Crippen LogP contribution in [0.3, 0.4) is 0 Å². The molecular weight excluding hydrogens is 314 g/mol. The van der Waals surface area contributed by atoms with E-state index in [1.807, 2.05) is 4.90 Å². The fourth-order valence-electron chi connectivity index (χ4n) is 3.94. The number of likely N-dealkylation sites (tertiary alicyclic amines) is 2. The number of hydrogen-bond donors (Lipinski definition) is 0. The zero-order valence-corrected chi connectivity index (χ0v) is 14.1. The van der Waals surface area contributed by atoms with Gasteiger partial charge in [-0.25, -0.2) is 8.78 Å². The van der Waals surface area contributed by atoms with Crippen LogP contribution in [0.2, 0.25) is 0 Å². The molecule has 1 spiro atoms. The summed E-state index contributed by atoms with van der Waals surface area (Å²) in [5.41, 5.74) is -0.0120. The highest BCUT2D eigenvalue weighted by atomic mass is 19.1. The van der Waals surface area contributed by atoms with Crippen LogP contribution < -0.4 is 0 Å². The summed E-state index contributed by atoms with van der Waals surface area (Å²) in [6.07, 6.45) is 2.64. The maximum atomic E-state index is 13.9. The van der Waals surface area contributed by atoms with Crippen molar-refractivity contribution in [2.45, 2.75) is 25.8 Å². The van der Waals surface area contributed by atoms with Gasteiger partial charge in [-0.2, -0.15) is 0 Å². The fourth-order valence-corrected chi connectivity index (χ4v) is 3.94. The highest BCUT2D eigenvalue weighted by Crippen LogP contribution is 2.40. The van der Waals surface area contributed by atoms with Crippen molar-refractivity contribution in [1.29, 1.82) is 0 Å². The van der Waals surface area contributed by atoms with Gasteiger partial charge in [0.2, 0.25) is 5.91 Å². The first-order valence-electron chi connectivity index (χ1n) is 8.49. The van der Waals surface area contributed by atoms with E-state index in [0.717, 1.165) is 44.5 Å². The van der Waals surface area contributed by atoms with E-state index >= 15 is 0 Å². The SMILES string of the molecule is COCCN1CCC[C@@]2(CCN(Cc3cc(F)ccc3F)C2)C1=O. The molecule has 2 saturated heterocycles. The molecule has 0 N–H and O–H groups in total. The van der Waals surface area contributed by atoms with Crippen molar-refractivity contribution in [3.63, 3.8) is 0 Å². The van der Waals surface area contributed by atoms with Crippen molar-refractivity contribution in [3.8, 4) is 0 Å². The van der Waals surface area contributed by atoms with E-state index in [9.17, 15) is 13.6 Å². The molecule has 6 heteroatoms. The van der Waals surface area contributed by atoms with Gasteiger partial charge >= 0.3 is 0 Å². The average Bonchev–Trinajstić information content (AvgIpc) is 2.96. The third kappa shape index (κ3) is 3.44. The predicted molar refractivity (Wildman–Crippen MR) is 86.4 cm³/mol. The quantitative estimate of drug-likeness (QED) is 0.827. The second kappa shape index (κ2) is 7.15. The molecule has 2 heterocycles. The summed E-state index contributed by atoms with van der Waals surface area (Å²) >= 11 is 0. The number of halogens is 2. The molecular formula is C18H24F2N2O2. The number of hydrogen-bond acceptors (Lipinski definition) is 3. The topological polar surface area (TPSA) is 32.8 Å². The van der Waals surface area contributed by atoms with Crippen LogP contribution in [0.5, 0.6) is 0 Å². The molecule has 0 unspecified atom stereocenters. The summed E-state index contributed by atoms with van der Waals surface area (Å²) in [7, 11) is 1.63. The molecule has 0 aromatic heterocycles. The van der Waals surface area contributed by atoms with Crippen molar-refractivity contribution in [1.82, 2.24) is 9.80 Å². The third-order valence-corrected chi connectivity index (χ3v) is 5.22. The van der Waals surface area contributed by atoms with E-state index in [0.29, 0.717) is 31.8 Å². The van der Waals surface area contributed by atoms with Gasteiger partial charge in [-0.3, -0.25) is 9.69 Å². The Hall–Kier alpha value is -1.53. The van der Waals surface area contributed by atoms with Crippen molar-refractivity contribution < 1.29 is 18.3 Å². The van der Waals surface area contributed by atoms with E-state index < -0.39 is 11.6 Å². The Morgan fingerprint density at radius 2 is 2.08 bits per heavy atom. The van der Waals surface area contributed by atoms with E-state index in [2.05, 4.69) is 4.90 Å². The Morgan fingerprint density at radius 1 is 1.25 bits per heavy atom. The molecule has 0 saturated carbocycles. The maximum absolute atomic E-state index is 13.9. The molecule has 1 atom stereocenters. The predicted octanol–water partition coefficient (Wildman–Crippen LogP) is 2.43. The number of ether oxygens (including phenoxy) is 1. The number of amides is 1. The van der Waals surface area contributed by atoms with Crippen LogP contribution in [0.4, 0.5) is 8.78 Å². The number of carbonyl (C=O) groups excluding carboxylic acids is 1. The van der Waals surface area contributed by atoms with Gasteiger partial charge in [-0.05, 0) is 44.0 Å². The molecule has 132 valence electrons. The number of piperidine rings is 1. The lowest BCUT2D eigenvalue weighted by molar-refractivity contribution is -0.146. The zero-order valence-electron chi connectivity index (χ0n) is 14.1. The van der Waals surface area contributed by atoms with Crippen molar-refractivity contribution >= 4 is 5.91 Å². The number of benzene rings is 1.